The van der Waals surface area contributed by atoms with Crippen LogP contribution in [0.4, 0.5) is 0 Å². The second-order valence-corrected chi connectivity index (χ2v) is 4.35. The minimum absolute atomic E-state index is 0.724. The normalized spacial score (nSPS) is 18.8. The van der Waals surface area contributed by atoms with Crippen molar-refractivity contribution in [2.75, 3.05) is 38.6 Å². The first-order chi connectivity index (χ1) is 7.88. The second kappa shape index (κ2) is 6.13. The van der Waals surface area contributed by atoms with Crippen molar-refractivity contribution < 1.29 is 0 Å². The maximum absolute atomic E-state index is 5.73. The fraction of sp³-hybridized carbons (Fsp3) is 0.636. The van der Waals surface area contributed by atoms with Crippen LogP contribution in [0.25, 0.3) is 0 Å². The van der Waals surface area contributed by atoms with E-state index in [2.05, 4.69) is 19.8 Å². The molecule has 0 radical (unpaired) electrons. The van der Waals surface area contributed by atoms with Crippen LogP contribution in [0.1, 0.15) is 5.82 Å². The molecule has 2 rings (SSSR count). The van der Waals surface area contributed by atoms with Gasteiger partial charge in [0.15, 0.2) is 0 Å². The highest BCUT2D eigenvalue weighted by atomic mass is 35.5. The lowest BCUT2D eigenvalue weighted by Crippen LogP contribution is -2.46. The first-order valence-corrected chi connectivity index (χ1v) is 6.18. The van der Waals surface area contributed by atoms with E-state index in [-0.39, 0.29) is 0 Å². The monoisotopic (exact) mass is 240 g/mol. The molecule has 0 aliphatic carbocycles. The topological polar surface area (TPSA) is 32.3 Å². The fourth-order valence-corrected chi connectivity index (χ4v) is 2.14. The number of hydrogen-bond acceptors (Lipinski definition) is 4. The Balaban J connectivity index is 1.77. The van der Waals surface area contributed by atoms with Gasteiger partial charge < -0.3 is 0 Å². The van der Waals surface area contributed by atoms with Crippen LogP contribution in [0, 0.1) is 0 Å². The van der Waals surface area contributed by atoms with E-state index in [1.54, 1.807) is 12.4 Å². The number of alkyl halides is 1. The van der Waals surface area contributed by atoms with Gasteiger partial charge >= 0.3 is 0 Å². The highest BCUT2D eigenvalue weighted by molar-refractivity contribution is 6.18. The van der Waals surface area contributed by atoms with Gasteiger partial charge in [-0.1, -0.05) is 0 Å². The predicted octanol–water partition coefficient (Wildman–Crippen LogP) is 0.833. The van der Waals surface area contributed by atoms with Gasteiger partial charge in [-0.15, -0.1) is 11.6 Å². The predicted molar refractivity (Wildman–Crippen MR) is 64.5 cm³/mol. The average molecular weight is 241 g/mol. The second-order valence-electron chi connectivity index (χ2n) is 3.97. The number of nitrogens with zero attached hydrogens (tertiary/aromatic N) is 4. The third-order valence-electron chi connectivity index (χ3n) is 2.85. The summed E-state index contributed by atoms with van der Waals surface area (Å²) >= 11 is 5.73. The third kappa shape index (κ3) is 3.40. The van der Waals surface area contributed by atoms with Crippen molar-refractivity contribution in [1.29, 1.82) is 0 Å². The van der Waals surface area contributed by atoms with Gasteiger partial charge in [0.1, 0.15) is 5.82 Å². The van der Waals surface area contributed by atoms with Crippen molar-refractivity contribution in [3.63, 3.8) is 0 Å². The van der Waals surface area contributed by atoms with Gasteiger partial charge in [0.05, 0.1) is 6.54 Å². The van der Waals surface area contributed by atoms with Gasteiger partial charge in [-0.3, -0.25) is 9.80 Å². The average Bonchev–Trinajstić information content (AvgIpc) is 2.33. The minimum Gasteiger partial charge on any atom is -0.300 e. The van der Waals surface area contributed by atoms with E-state index in [0.717, 1.165) is 51.0 Å². The lowest BCUT2D eigenvalue weighted by atomic mass is 10.3. The summed E-state index contributed by atoms with van der Waals surface area (Å²) in [5.74, 6) is 1.63. The third-order valence-corrected chi connectivity index (χ3v) is 3.02. The fourth-order valence-electron chi connectivity index (χ4n) is 1.90. The van der Waals surface area contributed by atoms with Crippen LogP contribution >= 0.6 is 11.6 Å². The SMILES string of the molecule is ClCCN1CCN(Cc2ncccn2)CC1. The Morgan fingerprint density at radius 3 is 2.31 bits per heavy atom. The van der Waals surface area contributed by atoms with E-state index >= 15 is 0 Å². The minimum atomic E-state index is 0.724. The van der Waals surface area contributed by atoms with Crippen LogP contribution in [0.2, 0.25) is 0 Å². The molecular weight excluding hydrogens is 224 g/mol. The Morgan fingerprint density at radius 2 is 1.69 bits per heavy atom. The van der Waals surface area contributed by atoms with Crippen LogP contribution in [0.5, 0.6) is 0 Å². The molecule has 1 fully saturated rings. The van der Waals surface area contributed by atoms with Gasteiger partial charge in [0.25, 0.3) is 0 Å². The van der Waals surface area contributed by atoms with E-state index in [9.17, 15) is 0 Å². The molecule has 0 bridgehead atoms. The van der Waals surface area contributed by atoms with Crippen molar-refractivity contribution in [2.24, 2.45) is 0 Å². The smallest absolute Gasteiger partial charge is 0.142 e. The molecule has 5 heteroatoms. The summed E-state index contributed by atoms with van der Waals surface area (Å²) in [6.45, 7) is 6.20. The Labute approximate surface area is 101 Å². The van der Waals surface area contributed by atoms with E-state index < -0.39 is 0 Å². The largest absolute Gasteiger partial charge is 0.300 e. The van der Waals surface area contributed by atoms with Crippen LogP contribution < -0.4 is 0 Å². The molecule has 0 N–H and O–H groups in total. The molecule has 1 aliphatic heterocycles. The summed E-state index contributed by atoms with van der Waals surface area (Å²) in [4.78, 5) is 13.3. The number of halogens is 1. The van der Waals surface area contributed by atoms with Crippen molar-refractivity contribution in [2.45, 2.75) is 6.54 Å². The summed E-state index contributed by atoms with van der Waals surface area (Å²) in [6.07, 6.45) is 3.60. The van der Waals surface area contributed by atoms with Crippen LogP contribution in [0.3, 0.4) is 0 Å². The Morgan fingerprint density at radius 1 is 1.06 bits per heavy atom. The van der Waals surface area contributed by atoms with Crippen molar-refractivity contribution >= 4 is 11.6 Å². The highest BCUT2D eigenvalue weighted by Gasteiger charge is 2.16. The van der Waals surface area contributed by atoms with Crippen molar-refractivity contribution in [3.8, 4) is 0 Å². The number of hydrogen-bond donors (Lipinski definition) is 0. The van der Waals surface area contributed by atoms with Crippen LogP contribution in [-0.2, 0) is 6.54 Å². The van der Waals surface area contributed by atoms with E-state index in [1.807, 2.05) is 6.07 Å². The number of aromatic nitrogens is 2. The molecule has 0 unspecified atom stereocenters. The van der Waals surface area contributed by atoms with Crippen molar-refractivity contribution in [3.05, 3.63) is 24.3 Å². The highest BCUT2D eigenvalue weighted by Crippen LogP contribution is 2.04. The molecule has 0 saturated carbocycles. The van der Waals surface area contributed by atoms with Crippen LogP contribution in [-0.4, -0.2) is 58.4 Å². The summed E-state index contributed by atoms with van der Waals surface area (Å²) in [6, 6.07) is 1.85. The molecule has 0 aromatic carbocycles. The zero-order valence-electron chi connectivity index (χ0n) is 9.35. The molecule has 1 aliphatic rings. The molecule has 88 valence electrons. The lowest BCUT2D eigenvalue weighted by molar-refractivity contribution is 0.130. The molecule has 1 aromatic rings. The zero-order chi connectivity index (χ0) is 11.2. The molecule has 0 spiro atoms. The molecular formula is C11H17ClN4. The van der Waals surface area contributed by atoms with Crippen molar-refractivity contribution in [1.82, 2.24) is 19.8 Å². The Kier molecular flexibility index (Phi) is 4.51. The van der Waals surface area contributed by atoms with E-state index in [0.29, 0.717) is 0 Å². The maximum Gasteiger partial charge on any atom is 0.142 e. The zero-order valence-corrected chi connectivity index (χ0v) is 10.1. The molecule has 2 heterocycles. The van der Waals surface area contributed by atoms with Gasteiger partial charge in [-0.25, -0.2) is 9.97 Å². The summed E-state index contributed by atoms with van der Waals surface area (Å²) in [5, 5.41) is 0. The molecule has 4 nitrogen and oxygen atoms in total. The van der Waals surface area contributed by atoms with Gasteiger partial charge in [-0.05, 0) is 6.07 Å². The van der Waals surface area contributed by atoms with E-state index in [4.69, 9.17) is 11.6 Å². The standard InChI is InChI=1S/C11H17ClN4/c12-2-5-15-6-8-16(9-7-15)10-11-13-3-1-4-14-11/h1,3-4H,2,5-10H2. The molecule has 1 saturated heterocycles. The Hall–Kier alpha value is -0.710. The molecule has 1 aromatic heterocycles. The summed E-state index contributed by atoms with van der Waals surface area (Å²) in [5.41, 5.74) is 0. The first-order valence-electron chi connectivity index (χ1n) is 5.65. The summed E-state index contributed by atoms with van der Waals surface area (Å²) in [7, 11) is 0. The summed E-state index contributed by atoms with van der Waals surface area (Å²) < 4.78 is 0. The molecule has 0 amide bonds. The number of rotatable bonds is 4. The number of piperazine rings is 1. The first kappa shape index (κ1) is 11.8. The Bertz CT molecular complexity index is 298. The van der Waals surface area contributed by atoms with Gasteiger partial charge in [-0.2, -0.15) is 0 Å². The van der Waals surface area contributed by atoms with Gasteiger partial charge in [0.2, 0.25) is 0 Å². The quantitative estimate of drug-likeness (QED) is 0.730. The lowest BCUT2D eigenvalue weighted by Gasteiger charge is -2.33. The van der Waals surface area contributed by atoms with Crippen LogP contribution in [0.15, 0.2) is 18.5 Å². The molecule has 16 heavy (non-hydrogen) atoms. The molecule has 0 atom stereocenters. The maximum atomic E-state index is 5.73. The van der Waals surface area contributed by atoms with E-state index in [1.165, 1.54) is 0 Å². The van der Waals surface area contributed by atoms with Gasteiger partial charge in [0, 0.05) is 51.0 Å².